The van der Waals surface area contributed by atoms with Gasteiger partial charge < -0.3 is 15.2 Å². The van der Waals surface area contributed by atoms with Crippen LogP contribution in [0.3, 0.4) is 0 Å². The van der Waals surface area contributed by atoms with E-state index >= 15 is 0 Å². The number of rotatable bonds is 4. The van der Waals surface area contributed by atoms with Crippen LogP contribution in [0.25, 0.3) is 0 Å². The summed E-state index contributed by atoms with van der Waals surface area (Å²) in [6.07, 6.45) is 3.07. The Balaban J connectivity index is 2.18. The number of esters is 1. The molecule has 0 saturated carbocycles. The van der Waals surface area contributed by atoms with Crippen LogP contribution in [0, 0.1) is 5.92 Å². The third-order valence-electron chi connectivity index (χ3n) is 4.12. The maximum absolute atomic E-state index is 12.0. The molecule has 4 nitrogen and oxygen atoms in total. The summed E-state index contributed by atoms with van der Waals surface area (Å²) in [6.45, 7) is 1.89. The Kier molecular flexibility index (Phi) is 6.70. The van der Waals surface area contributed by atoms with Crippen LogP contribution in [-0.4, -0.2) is 29.5 Å². The Labute approximate surface area is 140 Å². The quantitative estimate of drug-likeness (QED) is 0.653. The molecule has 1 heterocycles. The van der Waals surface area contributed by atoms with Crippen LogP contribution in [0.15, 0.2) is 30.3 Å². The number of carbonyl (C=O) groups excluding carboxylic acids is 1. The molecule has 1 aliphatic heterocycles. The van der Waals surface area contributed by atoms with E-state index < -0.39 is 6.04 Å². The largest absolute Gasteiger partial charge is 0.486 e. The third-order valence-corrected chi connectivity index (χ3v) is 4.58. The number of carbonyl (C=O) groups is 1. The predicted molar refractivity (Wildman–Crippen MR) is 90.1 cm³/mol. The lowest BCUT2D eigenvalue weighted by Gasteiger charge is -2.31. The molecule has 5 heteroatoms. The van der Waals surface area contributed by atoms with Crippen LogP contribution < -0.4 is 10.5 Å². The molecule has 0 aliphatic carbocycles. The Bertz CT molecular complexity index is 468. The molecule has 0 radical (unpaired) electrons. The second-order valence-corrected chi connectivity index (χ2v) is 6.61. The summed E-state index contributed by atoms with van der Waals surface area (Å²) in [5.74, 6) is 0.805. The highest BCUT2D eigenvalue weighted by atomic mass is 79.9. The number of cyclic esters (lactones) is 1. The standard InChI is InChI=1S/C17H24BrNO3/c1-12-16(22-14-7-3-2-4-8-14)13(10-11-18)6-5-9-15(19)17(20)21-12/h2-4,7-8,12-13,15-16H,5-6,9-11,19H2,1H3/t12-,13+,15-,16-/m0/s1. The number of nitrogens with two attached hydrogens (primary N) is 1. The second kappa shape index (κ2) is 8.53. The number of alkyl halides is 1. The molecule has 1 aliphatic rings. The van der Waals surface area contributed by atoms with Gasteiger partial charge in [0.2, 0.25) is 0 Å². The van der Waals surface area contributed by atoms with Crippen molar-refractivity contribution in [1.82, 2.24) is 0 Å². The Morgan fingerprint density at radius 1 is 1.32 bits per heavy atom. The van der Waals surface area contributed by atoms with Gasteiger partial charge in [-0.1, -0.05) is 40.5 Å². The van der Waals surface area contributed by atoms with Crippen molar-refractivity contribution in [1.29, 1.82) is 0 Å². The highest BCUT2D eigenvalue weighted by molar-refractivity contribution is 9.09. The first-order chi connectivity index (χ1) is 10.6. The summed E-state index contributed by atoms with van der Waals surface area (Å²) in [4.78, 5) is 12.0. The van der Waals surface area contributed by atoms with Gasteiger partial charge in [-0.15, -0.1) is 0 Å². The molecule has 0 aromatic heterocycles. The smallest absolute Gasteiger partial charge is 0.323 e. The minimum Gasteiger partial charge on any atom is -0.486 e. The predicted octanol–water partition coefficient (Wildman–Crippen LogP) is 3.28. The van der Waals surface area contributed by atoms with Crippen LogP contribution in [0.2, 0.25) is 0 Å². The van der Waals surface area contributed by atoms with Gasteiger partial charge in [-0.05, 0) is 38.3 Å². The molecule has 122 valence electrons. The Morgan fingerprint density at radius 2 is 2.05 bits per heavy atom. The van der Waals surface area contributed by atoms with E-state index in [-0.39, 0.29) is 18.2 Å². The van der Waals surface area contributed by atoms with Gasteiger partial charge in [0.25, 0.3) is 0 Å². The zero-order valence-electron chi connectivity index (χ0n) is 12.9. The van der Waals surface area contributed by atoms with E-state index in [1.807, 2.05) is 37.3 Å². The highest BCUT2D eigenvalue weighted by Gasteiger charge is 2.33. The maximum Gasteiger partial charge on any atom is 0.323 e. The van der Waals surface area contributed by atoms with Gasteiger partial charge in [-0.25, -0.2) is 0 Å². The monoisotopic (exact) mass is 369 g/mol. The lowest BCUT2D eigenvalue weighted by molar-refractivity contribution is -0.155. The topological polar surface area (TPSA) is 61.5 Å². The van der Waals surface area contributed by atoms with Gasteiger partial charge in [0.05, 0.1) is 0 Å². The van der Waals surface area contributed by atoms with Gasteiger partial charge in [0, 0.05) is 11.2 Å². The van der Waals surface area contributed by atoms with Gasteiger partial charge in [-0.2, -0.15) is 0 Å². The van der Waals surface area contributed by atoms with Crippen molar-refractivity contribution in [2.24, 2.45) is 11.7 Å². The summed E-state index contributed by atoms with van der Waals surface area (Å²) in [5, 5.41) is 0.902. The molecule has 0 spiro atoms. The Hall–Kier alpha value is -1.07. The van der Waals surface area contributed by atoms with Gasteiger partial charge in [0.1, 0.15) is 24.0 Å². The van der Waals surface area contributed by atoms with E-state index in [0.29, 0.717) is 12.3 Å². The number of halogens is 1. The Morgan fingerprint density at radius 3 is 2.73 bits per heavy atom. The van der Waals surface area contributed by atoms with Crippen molar-refractivity contribution in [2.75, 3.05) is 5.33 Å². The minimum atomic E-state index is -0.525. The first kappa shape index (κ1) is 17.3. The number of ether oxygens (including phenoxy) is 2. The van der Waals surface area contributed by atoms with Crippen molar-refractivity contribution < 1.29 is 14.3 Å². The van der Waals surface area contributed by atoms with Gasteiger partial charge in [0.15, 0.2) is 0 Å². The second-order valence-electron chi connectivity index (χ2n) is 5.81. The molecule has 2 rings (SSSR count). The first-order valence-corrected chi connectivity index (χ1v) is 8.97. The average Bonchev–Trinajstić information content (AvgIpc) is 2.55. The third kappa shape index (κ3) is 4.71. The summed E-state index contributed by atoms with van der Waals surface area (Å²) in [6, 6.07) is 9.17. The number of hydrogen-bond acceptors (Lipinski definition) is 4. The fourth-order valence-electron chi connectivity index (χ4n) is 2.90. The molecule has 1 fully saturated rings. The van der Waals surface area contributed by atoms with Crippen LogP contribution in [0.5, 0.6) is 5.75 Å². The van der Waals surface area contributed by atoms with Crippen LogP contribution in [0.1, 0.15) is 32.6 Å². The van der Waals surface area contributed by atoms with E-state index in [4.69, 9.17) is 15.2 Å². The van der Waals surface area contributed by atoms with Crippen molar-refractivity contribution in [2.45, 2.75) is 50.9 Å². The molecule has 0 bridgehead atoms. The average molecular weight is 370 g/mol. The van der Waals surface area contributed by atoms with Gasteiger partial charge in [-0.3, -0.25) is 4.79 Å². The zero-order valence-corrected chi connectivity index (χ0v) is 14.5. The lowest BCUT2D eigenvalue weighted by atomic mass is 9.90. The number of para-hydroxylation sites is 1. The number of hydrogen-bond donors (Lipinski definition) is 1. The lowest BCUT2D eigenvalue weighted by Crippen LogP contribution is -2.41. The summed E-state index contributed by atoms with van der Waals surface area (Å²) in [7, 11) is 0. The zero-order chi connectivity index (χ0) is 15.9. The molecular weight excluding hydrogens is 346 g/mol. The van der Waals surface area contributed by atoms with E-state index in [0.717, 1.165) is 30.3 Å². The van der Waals surface area contributed by atoms with Crippen LogP contribution in [-0.2, 0) is 9.53 Å². The van der Waals surface area contributed by atoms with E-state index in [9.17, 15) is 4.79 Å². The fraction of sp³-hybridized carbons (Fsp3) is 0.588. The molecule has 1 aromatic rings. The van der Waals surface area contributed by atoms with Crippen molar-refractivity contribution in [3.8, 4) is 5.75 Å². The molecular formula is C17H24BrNO3. The van der Waals surface area contributed by atoms with Crippen LogP contribution >= 0.6 is 15.9 Å². The molecule has 2 N–H and O–H groups in total. The van der Waals surface area contributed by atoms with Crippen molar-refractivity contribution >= 4 is 21.9 Å². The molecule has 0 unspecified atom stereocenters. The normalized spacial score (nSPS) is 29.9. The molecule has 1 saturated heterocycles. The minimum absolute atomic E-state index is 0.158. The fourth-order valence-corrected chi connectivity index (χ4v) is 3.49. The molecule has 0 amide bonds. The molecule has 22 heavy (non-hydrogen) atoms. The molecule has 4 atom stereocenters. The van der Waals surface area contributed by atoms with Crippen LogP contribution in [0.4, 0.5) is 0 Å². The highest BCUT2D eigenvalue weighted by Crippen LogP contribution is 2.28. The van der Waals surface area contributed by atoms with E-state index in [2.05, 4.69) is 15.9 Å². The summed E-state index contributed by atoms with van der Waals surface area (Å²) in [5.41, 5.74) is 5.87. The van der Waals surface area contributed by atoms with Crippen molar-refractivity contribution in [3.05, 3.63) is 30.3 Å². The summed E-state index contributed by atoms with van der Waals surface area (Å²) >= 11 is 3.52. The molecule has 1 aromatic carbocycles. The van der Waals surface area contributed by atoms with E-state index in [1.54, 1.807) is 0 Å². The first-order valence-electron chi connectivity index (χ1n) is 7.85. The van der Waals surface area contributed by atoms with E-state index in [1.165, 1.54) is 0 Å². The SMILES string of the molecule is C[C@@H]1OC(=O)[C@@H](N)CCC[C@H](CCBr)[C@H]1Oc1ccccc1. The van der Waals surface area contributed by atoms with Crippen molar-refractivity contribution in [3.63, 3.8) is 0 Å². The maximum atomic E-state index is 12.0. The summed E-state index contributed by atoms with van der Waals surface area (Å²) < 4.78 is 11.7. The number of benzene rings is 1. The van der Waals surface area contributed by atoms with Gasteiger partial charge >= 0.3 is 5.97 Å².